The molecule has 1 N–H and O–H groups in total. The third-order valence-corrected chi connectivity index (χ3v) is 6.57. The lowest BCUT2D eigenvalue weighted by molar-refractivity contribution is 0.203. The Morgan fingerprint density at radius 1 is 1.05 bits per heavy atom. The first kappa shape index (κ1) is 13.8. The molecule has 1 unspecified atom stereocenters. The van der Waals surface area contributed by atoms with Crippen LogP contribution in [0.15, 0.2) is 4.99 Å². The normalized spacial score (nSPS) is 35.5. The van der Waals surface area contributed by atoms with Gasteiger partial charge in [0.1, 0.15) is 0 Å². The van der Waals surface area contributed by atoms with Gasteiger partial charge in [-0.1, -0.05) is 57.7 Å². The Balaban J connectivity index is 1.68. The Labute approximate surface area is 122 Å². The van der Waals surface area contributed by atoms with Crippen molar-refractivity contribution < 1.29 is 0 Å². The molecule has 1 saturated heterocycles. The van der Waals surface area contributed by atoms with Gasteiger partial charge in [0, 0.05) is 11.3 Å². The largest absolute Gasteiger partial charge is 0.359 e. The maximum atomic E-state index is 5.11. The highest BCUT2D eigenvalue weighted by molar-refractivity contribution is 8.14. The van der Waals surface area contributed by atoms with Crippen molar-refractivity contribution in [3.8, 4) is 0 Å². The van der Waals surface area contributed by atoms with E-state index >= 15 is 0 Å². The number of thioether (sulfide) groups is 1. The Kier molecular flexibility index (Phi) is 3.85. The molecule has 108 valence electrons. The van der Waals surface area contributed by atoms with Gasteiger partial charge in [-0.2, -0.15) is 0 Å². The zero-order valence-electron chi connectivity index (χ0n) is 12.5. The van der Waals surface area contributed by atoms with E-state index in [0.29, 0.717) is 17.0 Å². The van der Waals surface area contributed by atoms with E-state index in [1.165, 1.54) is 68.7 Å². The van der Waals surface area contributed by atoms with E-state index in [0.717, 1.165) is 0 Å². The topological polar surface area (TPSA) is 24.4 Å². The zero-order valence-corrected chi connectivity index (χ0v) is 13.3. The van der Waals surface area contributed by atoms with Crippen molar-refractivity contribution >= 4 is 16.9 Å². The molecule has 1 atom stereocenters. The number of nitrogens with zero attached hydrogens (tertiary/aromatic N) is 1. The molecule has 2 saturated carbocycles. The minimum Gasteiger partial charge on any atom is -0.359 e. The van der Waals surface area contributed by atoms with Crippen LogP contribution in [0.4, 0.5) is 0 Å². The number of hydrogen-bond donors (Lipinski definition) is 1. The highest BCUT2D eigenvalue weighted by Crippen LogP contribution is 2.40. The molecule has 2 aliphatic carbocycles. The van der Waals surface area contributed by atoms with Crippen LogP contribution in [-0.2, 0) is 0 Å². The molecule has 0 radical (unpaired) electrons. The van der Waals surface area contributed by atoms with E-state index in [1.54, 1.807) is 0 Å². The molecule has 1 heterocycles. The summed E-state index contributed by atoms with van der Waals surface area (Å²) in [6, 6.07) is 0.537. The summed E-state index contributed by atoms with van der Waals surface area (Å²) >= 11 is 1.98. The monoisotopic (exact) mass is 280 g/mol. The lowest BCUT2D eigenvalue weighted by Gasteiger charge is -2.36. The summed E-state index contributed by atoms with van der Waals surface area (Å²) < 4.78 is 0. The maximum Gasteiger partial charge on any atom is 0.157 e. The van der Waals surface area contributed by atoms with Crippen LogP contribution in [0.25, 0.3) is 0 Å². The highest BCUT2D eigenvalue weighted by Gasteiger charge is 2.39. The molecule has 3 rings (SSSR count). The van der Waals surface area contributed by atoms with Crippen molar-refractivity contribution in [2.45, 2.75) is 83.2 Å². The molecule has 0 amide bonds. The summed E-state index contributed by atoms with van der Waals surface area (Å²) in [5.41, 5.74) is 0.802. The van der Waals surface area contributed by atoms with Crippen LogP contribution in [-0.4, -0.2) is 22.5 Å². The minimum atomic E-state index is 0.399. The van der Waals surface area contributed by atoms with Crippen molar-refractivity contribution in [2.24, 2.45) is 10.4 Å². The molecule has 0 aromatic rings. The van der Waals surface area contributed by atoms with E-state index in [2.05, 4.69) is 19.2 Å². The van der Waals surface area contributed by atoms with Crippen LogP contribution in [0.5, 0.6) is 0 Å². The first-order valence-electron chi connectivity index (χ1n) is 8.09. The fourth-order valence-electron chi connectivity index (χ4n) is 3.93. The smallest absolute Gasteiger partial charge is 0.157 e. The van der Waals surface area contributed by atoms with Gasteiger partial charge >= 0.3 is 0 Å². The summed E-state index contributed by atoms with van der Waals surface area (Å²) in [5, 5.41) is 5.06. The van der Waals surface area contributed by atoms with Crippen molar-refractivity contribution in [3.63, 3.8) is 0 Å². The highest BCUT2D eigenvalue weighted by atomic mass is 32.2. The van der Waals surface area contributed by atoms with E-state index in [9.17, 15) is 0 Å². The lowest BCUT2D eigenvalue weighted by atomic mass is 9.73. The van der Waals surface area contributed by atoms with E-state index in [-0.39, 0.29) is 0 Å². The number of aliphatic imine (C=N–C) groups is 1. The van der Waals surface area contributed by atoms with Crippen LogP contribution in [0.1, 0.15) is 71.6 Å². The summed E-state index contributed by atoms with van der Waals surface area (Å²) in [7, 11) is 0. The Hall–Kier alpha value is -0.180. The molecule has 0 aromatic heterocycles. The minimum absolute atomic E-state index is 0.399. The average molecular weight is 280 g/mol. The van der Waals surface area contributed by atoms with Gasteiger partial charge in [-0.15, -0.1) is 0 Å². The van der Waals surface area contributed by atoms with Gasteiger partial charge in [0.2, 0.25) is 0 Å². The fourth-order valence-corrected chi connectivity index (χ4v) is 5.19. The second-order valence-electron chi connectivity index (χ2n) is 7.44. The van der Waals surface area contributed by atoms with E-state index in [1.807, 2.05) is 11.8 Å². The Bertz CT molecular complexity index is 356. The molecular weight excluding hydrogens is 252 g/mol. The average Bonchev–Trinajstić information content (AvgIpc) is 2.76. The van der Waals surface area contributed by atoms with Gasteiger partial charge in [-0.3, -0.25) is 4.99 Å². The number of rotatable bonds is 1. The first-order chi connectivity index (χ1) is 9.10. The van der Waals surface area contributed by atoms with Gasteiger partial charge < -0.3 is 5.32 Å². The number of nitrogens with one attached hydrogen (secondary N) is 1. The summed E-state index contributed by atoms with van der Waals surface area (Å²) in [5.74, 6) is 1.25. The van der Waals surface area contributed by atoms with Crippen molar-refractivity contribution in [1.29, 1.82) is 0 Å². The quantitative estimate of drug-likeness (QED) is 0.772. The first-order valence-corrected chi connectivity index (χ1v) is 9.07. The van der Waals surface area contributed by atoms with Crippen molar-refractivity contribution in [3.05, 3.63) is 0 Å². The summed E-state index contributed by atoms with van der Waals surface area (Å²) in [6.45, 7) is 4.80. The molecule has 1 spiro atoms. The molecule has 3 heteroatoms. The van der Waals surface area contributed by atoms with E-state index < -0.39 is 0 Å². The SMILES string of the molecule is CC1(C)CCCCC1N=C1NC2(CCCCC2)CS1. The fraction of sp³-hybridized carbons (Fsp3) is 0.938. The van der Waals surface area contributed by atoms with E-state index in [4.69, 9.17) is 4.99 Å². The van der Waals surface area contributed by atoms with Gasteiger partial charge in [-0.05, 0) is 31.1 Å². The molecule has 0 bridgehead atoms. The summed E-state index contributed by atoms with van der Waals surface area (Å²) in [6.07, 6.45) is 12.3. The van der Waals surface area contributed by atoms with Crippen molar-refractivity contribution in [2.75, 3.05) is 5.75 Å². The second kappa shape index (κ2) is 5.31. The van der Waals surface area contributed by atoms with Crippen molar-refractivity contribution in [1.82, 2.24) is 5.32 Å². The molecule has 19 heavy (non-hydrogen) atoms. The molecule has 0 aromatic carbocycles. The van der Waals surface area contributed by atoms with Crippen LogP contribution in [0.2, 0.25) is 0 Å². The molecule has 1 aliphatic heterocycles. The summed E-state index contributed by atoms with van der Waals surface area (Å²) in [4.78, 5) is 5.11. The van der Waals surface area contributed by atoms with Crippen LogP contribution in [0, 0.1) is 5.41 Å². The number of hydrogen-bond acceptors (Lipinski definition) is 2. The third-order valence-electron chi connectivity index (χ3n) is 5.39. The predicted molar refractivity (Wildman–Crippen MR) is 84.9 cm³/mol. The van der Waals surface area contributed by atoms with Gasteiger partial charge in [0.05, 0.1) is 6.04 Å². The van der Waals surface area contributed by atoms with Gasteiger partial charge in [0.25, 0.3) is 0 Å². The zero-order chi connectivity index (χ0) is 13.3. The van der Waals surface area contributed by atoms with Gasteiger partial charge in [0.15, 0.2) is 5.17 Å². The Morgan fingerprint density at radius 2 is 1.79 bits per heavy atom. The molecule has 2 nitrogen and oxygen atoms in total. The van der Waals surface area contributed by atoms with Crippen LogP contribution in [0.3, 0.4) is 0 Å². The predicted octanol–water partition coefficient (Wildman–Crippen LogP) is 4.35. The third kappa shape index (κ3) is 2.96. The maximum absolute atomic E-state index is 5.11. The Morgan fingerprint density at radius 3 is 2.53 bits per heavy atom. The second-order valence-corrected chi connectivity index (χ2v) is 8.40. The van der Waals surface area contributed by atoms with Gasteiger partial charge in [-0.25, -0.2) is 0 Å². The van der Waals surface area contributed by atoms with Crippen LogP contribution < -0.4 is 5.32 Å². The van der Waals surface area contributed by atoms with Crippen LogP contribution >= 0.6 is 11.8 Å². The molecule has 3 fully saturated rings. The molecule has 3 aliphatic rings. The standard InChI is InChI=1S/C16H28N2S/c1-15(2)9-7-4-8-13(15)17-14-18-16(12-19-14)10-5-3-6-11-16/h13H,3-12H2,1-2H3,(H,17,18). The lowest BCUT2D eigenvalue weighted by Crippen LogP contribution is -2.45. The molecular formula is C16H28N2S. The number of amidine groups is 1.